The Hall–Kier alpha value is -0.960. The van der Waals surface area contributed by atoms with Crippen LogP contribution in [0.25, 0.3) is 0 Å². The first kappa shape index (κ1) is 18.4. The lowest BCUT2D eigenvalue weighted by molar-refractivity contribution is -0.0732. The van der Waals surface area contributed by atoms with Crippen molar-refractivity contribution in [2.75, 3.05) is 32.7 Å². The fourth-order valence-corrected chi connectivity index (χ4v) is 6.08. The topological polar surface area (TPSA) is 75.9 Å². The molecule has 4 rings (SSSR count). The Kier molecular flexibility index (Phi) is 5.36. The van der Waals surface area contributed by atoms with Crippen molar-refractivity contribution < 1.29 is 17.7 Å². The Bertz CT molecular complexity index is 677. The van der Waals surface area contributed by atoms with E-state index in [1.54, 1.807) is 10.4 Å². The van der Waals surface area contributed by atoms with E-state index in [1.807, 2.05) is 0 Å². The number of piperazine rings is 1. The Balaban J connectivity index is 1.25. The zero-order chi connectivity index (χ0) is 18.0. The van der Waals surface area contributed by atoms with Crippen molar-refractivity contribution >= 4 is 10.0 Å². The molecule has 1 aromatic heterocycles. The molecular weight excluding hydrogens is 354 g/mol. The molecule has 1 spiro atoms. The van der Waals surface area contributed by atoms with E-state index in [-0.39, 0.29) is 11.4 Å². The number of aromatic nitrogens is 1. The Labute approximate surface area is 155 Å². The number of hydrogen-bond acceptors (Lipinski definition) is 6. The molecule has 0 bridgehead atoms. The van der Waals surface area contributed by atoms with E-state index in [9.17, 15) is 8.42 Å². The van der Waals surface area contributed by atoms with Crippen LogP contribution in [0.3, 0.4) is 0 Å². The summed E-state index contributed by atoms with van der Waals surface area (Å²) in [7, 11) is -3.33. The second-order valence-corrected chi connectivity index (χ2v) is 9.94. The molecule has 3 aliphatic rings. The Morgan fingerprint density at radius 1 is 1.12 bits per heavy atom. The normalized spacial score (nSPS) is 27.9. The minimum absolute atomic E-state index is 0.0856. The van der Waals surface area contributed by atoms with E-state index in [1.165, 1.54) is 44.8 Å². The first-order valence-corrected chi connectivity index (χ1v) is 11.4. The SMILES string of the molecule is O=S(=O)(Cc1ccon1)N1CCN(CC2CCC3(CCCCC3)O2)CC1. The summed E-state index contributed by atoms with van der Waals surface area (Å²) in [6, 6.07) is 1.60. The fraction of sp³-hybridized carbons (Fsp3) is 0.833. The van der Waals surface area contributed by atoms with Gasteiger partial charge in [-0.15, -0.1) is 0 Å². The first-order chi connectivity index (χ1) is 12.5. The van der Waals surface area contributed by atoms with E-state index in [4.69, 9.17) is 9.26 Å². The van der Waals surface area contributed by atoms with Crippen molar-refractivity contribution in [2.24, 2.45) is 0 Å². The lowest BCUT2D eigenvalue weighted by atomic mass is 9.83. The van der Waals surface area contributed by atoms with Gasteiger partial charge < -0.3 is 9.26 Å². The molecule has 0 N–H and O–H groups in total. The predicted molar refractivity (Wildman–Crippen MR) is 97.1 cm³/mol. The molecule has 0 radical (unpaired) electrons. The van der Waals surface area contributed by atoms with Gasteiger partial charge >= 0.3 is 0 Å². The Morgan fingerprint density at radius 3 is 2.58 bits per heavy atom. The van der Waals surface area contributed by atoms with Gasteiger partial charge in [-0.1, -0.05) is 24.4 Å². The molecular formula is C18H29N3O4S. The van der Waals surface area contributed by atoms with E-state index in [0.717, 1.165) is 26.1 Å². The average molecular weight is 384 g/mol. The third-order valence-electron chi connectivity index (χ3n) is 6.11. The molecule has 1 unspecified atom stereocenters. The van der Waals surface area contributed by atoms with Crippen molar-refractivity contribution in [3.05, 3.63) is 18.0 Å². The van der Waals surface area contributed by atoms with Crippen LogP contribution in [0.15, 0.2) is 16.9 Å². The van der Waals surface area contributed by atoms with Gasteiger partial charge in [-0.05, 0) is 25.7 Å². The van der Waals surface area contributed by atoms with Gasteiger partial charge in [0.1, 0.15) is 12.0 Å². The molecule has 7 nitrogen and oxygen atoms in total. The maximum Gasteiger partial charge on any atom is 0.220 e. The van der Waals surface area contributed by atoms with Crippen LogP contribution in [0.5, 0.6) is 0 Å². The van der Waals surface area contributed by atoms with E-state index < -0.39 is 10.0 Å². The van der Waals surface area contributed by atoms with Gasteiger partial charge in [0.2, 0.25) is 10.0 Å². The number of sulfonamides is 1. The quantitative estimate of drug-likeness (QED) is 0.774. The van der Waals surface area contributed by atoms with Crippen LogP contribution in [0.4, 0.5) is 0 Å². The molecule has 2 aliphatic heterocycles. The summed E-state index contributed by atoms with van der Waals surface area (Å²) < 4.78 is 37.8. The molecule has 1 aromatic rings. The maximum absolute atomic E-state index is 12.5. The minimum atomic E-state index is -3.33. The lowest BCUT2D eigenvalue weighted by Gasteiger charge is -2.36. The van der Waals surface area contributed by atoms with Crippen LogP contribution in [-0.4, -0.2) is 67.2 Å². The van der Waals surface area contributed by atoms with Gasteiger partial charge in [-0.3, -0.25) is 4.90 Å². The van der Waals surface area contributed by atoms with Crippen LogP contribution in [0.1, 0.15) is 50.6 Å². The molecule has 3 heterocycles. The molecule has 1 atom stereocenters. The zero-order valence-electron chi connectivity index (χ0n) is 15.3. The molecule has 0 aromatic carbocycles. The second kappa shape index (κ2) is 7.58. The van der Waals surface area contributed by atoms with Gasteiger partial charge in [0.15, 0.2) is 0 Å². The number of ether oxygens (including phenoxy) is 1. The van der Waals surface area contributed by atoms with Gasteiger partial charge in [0.25, 0.3) is 0 Å². The van der Waals surface area contributed by atoms with Crippen molar-refractivity contribution in [3.63, 3.8) is 0 Å². The summed E-state index contributed by atoms with van der Waals surface area (Å²) in [6.45, 7) is 3.55. The zero-order valence-corrected chi connectivity index (χ0v) is 16.1. The van der Waals surface area contributed by atoms with Crippen LogP contribution in [-0.2, 0) is 20.5 Å². The second-order valence-electron chi connectivity index (χ2n) is 7.97. The maximum atomic E-state index is 12.5. The molecule has 1 saturated carbocycles. The number of rotatable bonds is 5. The summed E-state index contributed by atoms with van der Waals surface area (Å²) in [5.41, 5.74) is 0.621. The van der Waals surface area contributed by atoms with Gasteiger partial charge in [-0.2, -0.15) is 4.31 Å². The summed E-state index contributed by atoms with van der Waals surface area (Å²) >= 11 is 0. The summed E-state index contributed by atoms with van der Waals surface area (Å²) in [4.78, 5) is 2.36. The van der Waals surface area contributed by atoms with E-state index >= 15 is 0 Å². The molecule has 2 saturated heterocycles. The van der Waals surface area contributed by atoms with Crippen LogP contribution in [0, 0.1) is 0 Å². The van der Waals surface area contributed by atoms with Crippen molar-refractivity contribution in [1.29, 1.82) is 0 Å². The highest BCUT2D eigenvalue weighted by atomic mass is 32.2. The molecule has 3 fully saturated rings. The molecule has 8 heteroatoms. The Morgan fingerprint density at radius 2 is 1.88 bits per heavy atom. The lowest BCUT2D eigenvalue weighted by Crippen LogP contribution is -2.50. The average Bonchev–Trinajstić information content (AvgIpc) is 3.26. The first-order valence-electron chi connectivity index (χ1n) is 9.82. The fourth-order valence-electron chi connectivity index (χ4n) is 4.66. The highest BCUT2D eigenvalue weighted by molar-refractivity contribution is 7.88. The van der Waals surface area contributed by atoms with Crippen molar-refractivity contribution in [3.8, 4) is 0 Å². The van der Waals surface area contributed by atoms with E-state index in [2.05, 4.69) is 10.1 Å². The highest BCUT2D eigenvalue weighted by Crippen LogP contribution is 2.42. The molecule has 1 aliphatic carbocycles. The highest BCUT2D eigenvalue weighted by Gasteiger charge is 2.41. The van der Waals surface area contributed by atoms with Crippen LogP contribution < -0.4 is 0 Å². The predicted octanol–water partition coefficient (Wildman–Crippen LogP) is 2.00. The monoisotopic (exact) mass is 383 g/mol. The number of hydrogen-bond donors (Lipinski definition) is 0. The smallest absolute Gasteiger partial charge is 0.220 e. The van der Waals surface area contributed by atoms with Gasteiger partial charge in [0, 0.05) is 38.8 Å². The summed E-state index contributed by atoms with van der Waals surface area (Å²) in [5.74, 6) is -0.0856. The molecule has 0 amide bonds. The van der Waals surface area contributed by atoms with Crippen molar-refractivity contribution in [2.45, 2.75) is 62.4 Å². The van der Waals surface area contributed by atoms with Crippen molar-refractivity contribution in [1.82, 2.24) is 14.4 Å². The number of nitrogens with zero attached hydrogens (tertiary/aromatic N) is 3. The largest absolute Gasteiger partial charge is 0.370 e. The summed E-state index contributed by atoms with van der Waals surface area (Å²) in [5, 5.41) is 3.71. The molecule has 146 valence electrons. The third kappa shape index (κ3) is 4.13. The van der Waals surface area contributed by atoms with Crippen LogP contribution >= 0.6 is 0 Å². The summed E-state index contributed by atoms with van der Waals surface area (Å²) in [6.07, 6.45) is 10.4. The third-order valence-corrected chi connectivity index (χ3v) is 7.92. The standard InChI is InChI=1S/C18H29N3O4S/c22-26(23,15-16-5-13-24-19-16)21-11-9-20(10-12-21)14-17-4-8-18(25-17)6-2-1-3-7-18/h5,13,17H,1-4,6-12,14-15H2. The van der Waals surface area contributed by atoms with Gasteiger partial charge in [0.05, 0.1) is 17.4 Å². The van der Waals surface area contributed by atoms with Crippen LogP contribution in [0.2, 0.25) is 0 Å². The van der Waals surface area contributed by atoms with E-state index in [0.29, 0.717) is 24.9 Å². The van der Waals surface area contributed by atoms with Gasteiger partial charge in [-0.25, -0.2) is 8.42 Å². The minimum Gasteiger partial charge on any atom is -0.370 e. The molecule has 26 heavy (non-hydrogen) atoms.